The lowest BCUT2D eigenvalue weighted by molar-refractivity contribution is 0.0948. The molecule has 2 rings (SSSR count). The van der Waals surface area contributed by atoms with Crippen molar-refractivity contribution < 1.29 is 4.79 Å². The van der Waals surface area contributed by atoms with Gasteiger partial charge in [0.2, 0.25) is 0 Å². The maximum absolute atomic E-state index is 12.2. The lowest BCUT2D eigenvalue weighted by atomic mass is 10.0. The quantitative estimate of drug-likeness (QED) is 0.789. The van der Waals surface area contributed by atoms with Gasteiger partial charge in [-0.15, -0.1) is 0 Å². The number of nitrogens with two attached hydrogens (primary N) is 1. The molecule has 1 saturated carbocycles. The average Bonchev–Trinajstić information content (AvgIpc) is 2.96. The molecule has 0 bridgehead atoms. The molecule has 0 unspecified atom stereocenters. The summed E-state index contributed by atoms with van der Waals surface area (Å²) in [6.07, 6.45) is 9.19. The third kappa shape index (κ3) is 4.41. The van der Waals surface area contributed by atoms with E-state index in [2.05, 4.69) is 15.3 Å². The molecule has 116 valence electrons. The van der Waals surface area contributed by atoms with Crippen molar-refractivity contribution >= 4 is 11.6 Å². The summed E-state index contributed by atoms with van der Waals surface area (Å²) in [4.78, 5) is 20.6. The molecule has 0 aliphatic heterocycles. The van der Waals surface area contributed by atoms with Gasteiger partial charge in [-0.25, -0.2) is 9.97 Å². The molecule has 0 saturated heterocycles. The number of amides is 1. The third-order valence-electron chi connectivity index (χ3n) is 4.12. The fourth-order valence-corrected chi connectivity index (χ4v) is 2.84. The Morgan fingerprint density at radius 3 is 2.81 bits per heavy atom. The van der Waals surface area contributed by atoms with Crippen LogP contribution in [0.2, 0.25) is 0 Å². The minimum Gasteiger partial charge on any atom is -0.396 e. The van der Waals surface area contributed by atoms with E-state index in [0.29, 0.717) is 23.8 Å². The van der Waals surface area contributed by atoms with E-state index in [-0.39, 0.29) is 11.8 Å². The van der Waals surface area contributed by atoms with E-state index >= 15 is 0 Å². The molecule has 5 nitrogen and oxygen atoms in total. The van der Waals surface area contributed by atoms with E-state index in [1.807, 2.05) is 13.8 Å². The second-order valence-corrected chi connectivity index (χ2v) is 6.24. The SMILES string of the molecule is CC(C)c1ncc(N)c(C(=O)NCCCC2CCCC2)n1. The number of carbonyl (C=O) groups is 1. The van der Waals surface area contributed by atoms with Crippen LogP contribution in [0.25, 0.3) is 0 Å². The highest BCUT2D eigenvalue weighted by molar-refractivity contribution is 5.96. The largest absolute Gasteiger partial charge is 0.396 e. The molecule has 0 spiro atoms. The monoisotopic (exact) mass is 290 g/mol. The minimum atomic E-state index is -0.191. The lowest BCUT2D eigenvalue weighted by Crippen LogP contribution is -2.27. The van der Waals surface area contributed by atoms with Crippen molar-refractivity contribution in [1.29, 1.82) is 0 Å². The topological polar surface area (TPSA) is 80.9 Å². The predicted molar refractivity (Wildman–Crippen MR) is 84.1 cm³/mol. The highest BCUT2D eigenvalue weighted by atomic mass is 16.1. The second-order valence-electron chi connectivity index (χ2n) is 6.24. The number of carbonyl (C=O) groups excluding carboxylic acids is 1. The van der Waals surface area contributed by atoms with Crippen LogP contribution in [0.15, 0.2) is 6.20 Å². The molecule has 0 aromatic carbocycles. The maximum atomic E-state index is 12.2. The second kappa shape index (κ2) is 7.38. The van der Waals surface area contributed by atoms with Crippen LogP contribution in [0, 0.1) is 5.92 Å². The molecule has 21 heavy (non-hydrogen) atoms. The summed E-state index contributed by atoms with van der Waals surface area (Å²) in [5.41, 5.74) is 6.45. The molecule has 0 radical (unpaired) electrons. The number of rotatable bonds is 6. The van der Waals surface area contributed by atoms with E-state index in [0.717, 1.165) is 12.3 Å². The van der Waals surface area contributed by atoms with Gasteiger partial charge in [-0.3, -0.25) is 4.79 Å². The van der Waals surface area contributed by atoms with Gasteiger partial charge in [0.1, 0.15) is 5.82 Å². The molecule has 3 N–H and O–H groups in total. The molecule has 1 aromatic heterocycles. The van der Waals surface area contributed by atoms with E-state index in [4.69, 9.17) is 5.73 Å². The standard InChI is InChI=1S/C16H26N4O/c1-11(2)15-19-10-13(17)14(20-15)16(21)18-9-5-8-12-6-3-4-7-12/h10-12H,3-9,17H2,1-2H3,(H,18,21). The number of hydrogen-bond acceptors (Lipinski definition) is 4. The van der Waals surface area contributed by atoms with E-state index in [1.54, 1.807) is 0 Å². The van der Waals surface area contributed by atoms with Gasteiger partial charge >= 0.3 is 0 Å². The van der Waals surface area contributed by atoms with Gasteiger partial charge in [0, 0.05) is 12.5 Å². The Morgan fingerprint density at radius 2 is 2.14 bits per heavy atom. The smallest absolute Gasteiger partial charge is 0.272 e. The van der Waals surface area contributed by atoms with Gasteiger partial charge in [-0.05, 0) is 18.8 Å². The molecule has 5 heteroatoms. The van der Waals surface area contributed by atoms with Gasteiger partial charge in [-0.1, -0.05) is 39.5 Å². The van der Waals surface area contributed by atoms with Crippen LogP contribution in [0.3, 0.4) is 0 Å². The average molecular weight is 290 g/mol. The molecule has 1 aliphatic rings. The normalized spacial score (nSPS) is 15.6. The highest BCUT2D eigenvalue weighted by Crippen LogP contribution is 2.28. The van der Waals surface area contributed by atoms with Crippen LogP contribution in [-0.2, 0) is 0 Å². The van der Waals surface area contributed by atoms with Crippen molar-refractivity contribution in [3.05, 3.63) is 17.7 Å². The van der Waals surface area contributed by atoms with Gasteiger partial charge in [0.05, 0.1) is 11.9 Å². The first-order valence-corrected chi connectivity index (χ1v) is 7.98. The molecule has 1 aromatic rings. The van der Waals surface area contributed by atoms with Gasteiger partial charge in [0.15, 0.2) is 5.69 Å². The number of nitrogen functional groups attached to an aromatic ring is 1. The Labute approximate surface area is 126 Å². The van der Waals surface area contributed by atoms with Crippen molar-refractivity contribution in [2.75, 3.05) is 12.3 Å². The summed E-state index contributed by atoms with van der Waals surface area (Å²) in [7, 11) is 0. The van der Waals surface area contributed by atoms with Crippen molar-refractivity contribution in [2.45, 2.75) is 58.3 Å². The first kappa shape index (κ1) is 15.7. The van der Waals surface area contributed by atoms with Crippen molar-refractivity contribution in [3.63, 3.8) is 0 Å². The van der Waals surface area contributed by atoms with E-state index in [9.17, 15) is 4.79 Å². The van der Waals surface area contributed by atoms with Crippen LogP contribution in [-0.4, -0.2) is 22.4 Å². The summed E-state index contributed by atoms with van der Waals surface area (Å²) in [6.45, 7) is 4.68. The van der Waals surface area contributed by atoms with Gasteiger partial charge < -0.3 is 11.1 Å². The summed E-state index contributed by atoms with van der Waals surface area (Å²) in [5, 5.41) is 2.92. The Balaban J connectivity index is 1.83. The van der Waals surface area contributed by atoms with E-state index < -0.39 is 0 Å². The zero-order valence-electron chi connectivity index (χ0n) is 13.1. The number of nitrogens with one attached hydrogen (secondary N) is 1. The van der Waals surface area contributed by atoms with Crippen LogP contribution in [0.5, 0.6) is 0 Å². The Morgan fingerprint density at radius 1 is 1.43 bits per heavy atom. The number of aromatic nitrogens is 2. The molecule has 1 fully saturated rings. The molecular weight excluding hydrogens is 264 g/mol. The zero-order valence-corrected chi connectivity index (χ0v) is 13.1. The maximum Gasteiger partial charge on any atom is 0.272 e. The summed E-state index contributed by atoms with van der Waals surface area (Å²) < 4.78 is 0. The summed E-state index contributed by atoms with van der Waals surface area (Å²) in [6, 6.07) is 0. The summed E-state index contributed by atoms with van der Waals surface area (Å²) >= 11 is 0. The van der Waals surface area contributed by atoms with Crippen LogP contribution < -0.4 is 11.1 Å². The van der Waals surface area contributed by atoms with Crippen LogP contribution >= 0.6 is 0 Å². The van der Waals surface area contributed by atoms with Gasteiger partial charge in [0.25, 0.3) is 5.91 Å². The minimum absolute atomic E-state index is 0.180. The molecule has 0 atom stereocenters. The van der Waals surface area contributed by atoms with Crippen molar-refractivity contribution in [3.8, 4) is 0 Å². The zero-order chi connectivity index (χ0) is 15.2. The predicted octanol–water partition coefficient (Wildman–Crippen LogP) is 2.88. The number of anilines is 1. The third-order valence-corrected chi connectivity index (χ3v) is 4.12. The van der Waals surface area contributed by atoms with E-state index in [1.165, 1.54) is 38.3 Å². The highest BCUT2D eigenvalue weighted by Gasteiger charge is 2.16. The fraction of sp³-hybridized carbons (Fsp3) is 0.688. The Bertz CT molecular complexity index is 481. The Kier molecular flexibility index (Phi) is 5.53. The molecular formula is C16H26N4O. The Hall–Kier alpha value is -1.65. The first-order valence-electron chi connectivity index (χ1n) is 7.98. The van der Waals surface area contributed by atoms with Crippen molar-refractivity contribution in [2.24, 2.45) is 5.92 Å². The summed E-state index contributed by atoms with van der Waals surface area (Å²) in [5.74, 6) is 1.50. The lowest BCUT2D eigenvalue weighted by Gasteiger charge is -2.11. The molecule has 1 amide bonds. The fourth-order valence-electron chi connectivity index (χ4n) is 2.84. The van der Waals surface area contributed by atoms with Crippen LogP contribution in [0.4, 0.5) is 5.69 Å². The number of hydrogen-bond donors (Lipinski definition) is 2. The molecule has 1 heterocycles. The van der Waals surface area contributed by atoms with Gasteiger partial charge in [-0.2, -0.15) is 0 Å². The van der Waals surface area contributed by atoms with Crippen LogP contribution in [0.1, 0.15) is 74.6 Å². The number of nitrogens with zero attached hydrogens (tertiary/aromatic N) is 2. The first-order chi connectivity index (χ1) is 10.1. The van der Waals surface area contributed by atoms with Crippen molar-refractivity contribution in [1.82, 2.24) is 15.3 Å². The molecule has 1 aliphatic carbocycles.